The third-order valence-electron chi connectivity index (χ3n) is 1.27. The number of aliphatic hydroxyl groups excluding tert-OH is 1. The third-order valence-corrected chi connectivity index (χ3v) is 1.27. The van der Waals surface area contributed by atoms with Crippen LogP contribution in [0.1, 0.15) is 25.0 Å². The second kappa shape index (κ2) is 6.38. The van der Waals surface area contributed by atoms with Crippen molar-refractivity contribution in [1.29, 1.82) is 5.26 Å². The number of aliphatic hydroxyl groups is 1. The summed E-state index contributed by atoms with van der Waals surface area (Å²) in [6.07, 6.45) is 0. The molecule has 0 bridgehead atoms. The van der Waals surface area contributed by atoms with Crippen molar-refractivity contribution < 1.29 is 5.11 Å². The molecule has 0 amide bonds. The maximum absolute atomic E-state index is 8.62. The van der Waals surface area contributed by atoms with Gasteiger partial charge in [-0.15, -0.1) is 0 Å². The predicted molar refractivity (Wildman–Crippen MR) is 48.4 cm³/mol. The molecule has 0 atom stereocenters. The van der Waals surface area contributed by atoms with Crippen LogP contribution in [0, 0.1) is 11.3 Å². The lowest BCUT2D eigenvalue weighted by Gasteiger charge is -1.92. The highest BCUT2D eigenvalue weighted by molar-refractivity contribution is 5.31. The second-order valence-corrected chi connectivity index (χ2v) is 1.97. The SMILES string of the molecule is CC.N#Cc1ccc(CO)cc1. The van der Waals surface area contributed by atoms with Crippen LogP contribution in [0.2, 0.25) is 0 Å². The molecule has 0 unspecified atom stereocenters. The lowest BCUT2D eigenvalue weighted by molar-refractivity contribution is 0.282. The summed E-state index contributed by atoms with van der Waals surface area (Å²) in [4.78, 5) is 0. The van der Waals surface area contributed by atoms with E-state index in [-0.39, 0.29) is 6.61 Å². The summed E-state index contributed by atoms with van der Waals surface area (Å²) in [5, 5.41) is 17.0. The molecule has 12 heavy (non-hydrogen) atoms. The molecule has 1 aromatic rings. The number of hydrogen-bond donors (Lipinski definition) is 1. The molecule has 0 aliphatic heterocycles. The molecule has 0 aromatic heterocycles. The van der Waals surface area contributed by atoms with Crippen molar-refractivity contribution in [3.63, 3.8) is 0 Å². The Labute approximate surface area is 73.1 Å². The molecule has 2 nitrogen and oxygen atoms in total. The van der Waals surface area contributed by atoms with Crippen molar-refractivity contribution in [3.8, 4) is 6.07 Å². The van der Waals surface area contributed by atoms with Gasteiger partial charge in [-0.2, -0.15) is 5.26 Å². The van der Waals surface area contributed by atoms with Gasteiger partial charge >= 0.3 is 0 Å². The van der Waals surface area contributed by atoms with E-state index >= 15 is 0 Å². The van der Waals surface area contributed by atoms with Gasteiger partial charge in [0, 0.05) is 0 Å². The molecule has 0 saturated carbocycles. The first kappa shape index (κ1) is 10.7. The van der Waals surface area contributed by atoms with Crippen LogP contribution < -0.4 is 0 Å². The zero-order valence-corrected chi connectivity index (χ0v) is 7.41. The topological polar surface area (TPSA) is 44.0 Å². The highest BCUT2D eigenvalue weighted by atomic mass is 16.3. The minimum Gasteiger partial charge on any atom is -0.392 e. The molecule has 64 valence electrons. The number of rotatable bonds is 1. The monoisotopic (exact) mass is 163 g/mol. The van der Waals surface area contributed by atoms with Gasteiger partial charge < -0.3 is 5.11 Å². The van der Waals surface area contributed by atoms with Gasteiger partial charge in [0.1, 0.15) is 0 Å². The van der Waals surface area contributed by atoms with E-state index in [4.69, 9.17) is 10.4 Å². The maximum atomic E-state index is 8.62. The van der Waals surface area contributed by atoms with Crippen molar-refractivity contribution in [2.45, 2.75) is 20.5 Å². The molecule has 0 aliphatic carbocycles. The number of nitrogens with zero attached hydrogens (tertiary/aromatic N) is 1. The van der Waals surface area contributed by atoms with Gasteiger partial charge in [-0.05, 0) is 17.7 Å². The zero-order valence-electron chi connectivity index (χ0n) is 7.41. The molecule has 1 aromatic carbocycles. The molecule has 0 spiro atoms. The van der Waals surface area contributed by atoms with Crippen molar-refractivity contribution in [2.75, 3.05) is 0 Å². The van der Waals surface area contributed by atoms with E-state index in [1.807, 2.05) is 19.9 Å². The van der Waals surface area contributed by atoms with Crippen LogP contribution in [0.4, 0.5) is 0 Å². The average Bonchev–Trinajstić information content (AvgIpc) is 2.21. The second-order valence-electron chi connectivity index (χ2n) is 1.97. The Kier molecular flexibility index (Phi) is 5.68. The first-order chi connectivity index (χ1) is 5.86. The standard InChI is InChI=1S/C8H7NO.C2H6/c9-5-7-1-3-8(6-10)4-2-7;1-2/h1-4,10H,6H2;1-2H3. The molecule has 1 rings (SSSR count). The van der Waals surface area contributed by atoms with Gasteiger partial charge in [0.2, 0.25) is 0 Å². The van der Waals surface area contributed by atoms with E-state index in [0.717, 1.165) is 5.56 Å². The Morgan fingerprint density at radius 1 is 1.25 bits per heavy atom. The Balaban J connectivity index is 0.000000561. The Bertz CT molecular complexity index is 246. The maximum Gasteiger partial charge on any atom is 0.0991 e. The zero-order chi connectivity index (χ0) is 9.40. The van der Waals surface area contributed by atoms with Gasteiger partial charge in [-0.25, -0.2) is 0 Å². The van der Waals surface area contributed by atoms with Crippen molar-refractivity contribution in [2.24, 2.45) is 0 Å². The van der Waals surface area contributed by atoms with Crippen LogP contribution in [0.15, 0.2) is 24.3 Å². The van der Waals surface area contributed by atoms with E-state index in [0.29, 0.717) is 5.56 Å². The van der Waals surface area contributed by atoms with Crippen LogP contribution in [-0.4, -0.2) is 5.11 Å². The summed E-state index contributed by atoms with van der Waals surface area (Å²) in [6, 6.07) is 8.84. The Morgan fingerprint density at radius 3 is 2.08 bits per heavy atom. The van der Waals surface area contributed by atoms with E-state index in [9.17, 15) is 0 Å². The molecule has 0 fully saturated rings. The average molecular weight is 163 g/mol. The Hall–Kier alpha value is -1.33. The summed E-state index contributed by atoms with van der Waals surface area (Å²) in [5.74, 6) is 0. The molecule has 0 heterocycles. The van der Waals surface area contributed by atoms with Gasteiger partial charge in [-0.3, -0.25) is 0 Å². The van der Waals surface area contributed by atoms with Gasteiger partial charge in [0.25, 0.3) is 0 Å². The highest BCUT2D eigenvalue weighted by Gasteiger charge is 1.89. The highest BCUT2D eigenvalue weighted by Crippen LogP contribution is 2.01. The fourth-order valence-corrected chi connectivity index (χ4v) is 0.685. The molecule has 0 saturated heterocycles. The van der Waals surface area contributed by atoms with Crippen LogP contribution >= 0.6 is 0 Å². The summed E-state index contributed by atoms with van der Waals surface area (Å²) in [6.45, 7) is 4.03. The van der Waals surface area contributed by atoms with Gasteiger partial charge in [0.15, 0.2) is 0 Å². The van der Waals surface area contributed by atoms with Crippen LogP contribution in [0.5, 0.6) is 0 Å². The summed E-state index contributed by atoms with van der Waals surface area (Å²) in [5.41, 5.74) is 1.45. The minimum atomic E-state index is 0.0334. The lowest BCUT2D eigenvalue weighted by Crippen LogP contribution is -1.81. The van der Waals surface area contributed by atoms with Crippen molar-refractivity contribution in [1.82, 2.24) is 0 Å². The largest absolute Gasteiger partial charge is 0.392 e. The van der Waals surface area contributed by atoms with Crippen molar-refractivity contribution >= 4 is 0 Å². The molecule has 0 aliphatic rings. The van der Waals surface area contributed by atoms with E-state index < -0.39 is 0 Å². The van der Waals surface area contributed by atoms with Gasteiger partial charge in [0.05, 0.1) is 18.2 Å². The summed E-state index contributed by atoms with van der Waals surface area (Å²) < 4.78 is 0. The molecular formula is C10H13NO. The van der Waals surface area contributed by atoms with E-state index in [1.54, 1.807) is 24.3 Å². The molecular weight excluding hydrogens is 150 g/mol. The minimum absolute atomic E-state index is 0.0334. The van der Waals surface area contributed by atoms with E-state index in [1.165, 1.54) is 0 Å². The predicted octanol–water partition coefficient (Wildman–Crippen LogP) is 2.08. The van der Waals surface area contributed by atoms with Gasteiger partial charge in [-0.1, -0.05) is 26.0 Å². The number of hydrogen-bond acceptors (Lipinski definition) is 2. The van der Waals surface area contributed by atoms with Crippen molar-refractivity contribution in [3.05, 3.63) is 35.4 Å². The number of nitriles is 1. The fourth-order valence-electron chi connectivity index (χ4n) is 0.685. The summed E-state index contributed by atoms with van der Waals surface area (Å²) >= 11 is 0. The smallest absolute Gasteiger partial charge is 0.0991 e. The van der Waals surface area contributed by atoms with Crippen LogP contribution in [0.3, 0.4) is 0 Å². The molecule has 0 radical (unpaired) electrons. The molecule has 1 N–H and O–H groups in total. The van der Waals surface area contributed by atoms with Crippen LogP contribution in [0.25, 0.3) is 0 Å². The normalized spacial score (nSPS) is 7.83. The van der Waals surface area contributed by atoms with Crippen LogP contribution in [-0.2, 0) is 6.61 Å². The van der Waals surface area contributed by atoms with E-state index in [2.05, 4.69) is 0 Å². The first-order valence-electron chi connectivity index (χ1n) is 3.96. The lowest BCUT2D eigenvalue weighted by atomic mass is 10.2. The molecule has 2 heteroatoms. The summed E-state index contributed by atoms with van der Waals surface area (Å²) in [7, 11) is 0. The quantitative estimate of drug-likeness (QED) is 0.688. The Morgan fingerprint density at radius 2 is 1.75 bits per heavy atom. The fraction of sp³-hybridized carbons (Fsp3) is 0.300. The third kappa shape index (κ3) is 3.18. The number of benzene rings is 1. The first-order valence-corrected chi connectivity index (χ1v) is 3.96.